The Morgan fingerprint density at radius 3 is 2.35 bits per heavy atom. The quantitative estimate of drug-likeness (QED) is 0.561. The molecule has 0 aromatic carbocycles. The Morgan fingerprint density at radius 2 is 2.06 bits per heavy atom. The average Bonchev–Trinajstić information content (AvgIpc) is 2.82. The molecule has 5 N–H and O–H groups in total. The van der Waals surface area contributed by atoms with Crippen molar-refractivity contribution in [3.63, 3.8) is 0 Å². The molecule has 1 aromatic heterocycles. The van der Waals surface area contributed by atoms with Crippen molar-refractivity contribution in [2.45, 2.75) is 33.7 Å². The molecule has 0 saturated carbocycles. The van der Waals surface area contributed by atoms with E-state index < -0.39 is 5.97 Å². The number of guanidine groups is 1. The van der Waals surface area contributed by atoms with Crippen LogP contribution in [-0.2, 0) is 11.3 Å². The number of carbonyl (C=O) groups is 1. The van der Waals surface area contributed by atoms with Gasteiger partial charge in [0.2, 0.25) is 0 Å². The standard InChI is InChI=1S/C5H8N4S.C3H6O2.C2H6/c6-5(7)9-3-4-8-1-2-10-4;1-2-3(4)5;1-2/h1-2H,3H2,(H4,6,7,9);2H2,1H3,(H,4,5);1-2H3. The normalized spacial score (nSPS) is 7.94. The molecule has 7 heteroatoms. The van der Waals surface area contributed by atoms with Crippen molar-refractivity contribution < 1.29 is 9.90 Å². The molecule has 1 heterocycles. The predicted molar refractivity (Wildman–Crippen MR) is 70.9 cm³/mol. The second kappa shape index (κ2) is 12.4. The van der Waals surface area contributed by atoms with Gasteiger partial charge < -0.3 is 16.6 Å². The fourth-order valence-electron chi connectivity index (χ4n) is 0.490. The van der Waals surface area contributed by atoms with E-state index in [0.29, 0.717) is 6.54 Å². The van der Waals surface area contributed by atoms with Gasteiger partial charge in [-0.05, 0) is 0 Å². The summed E-state index contributed by atoms with van der Waals surface area (Å²) in [7, 11) is 0. The van der Waals surface area contributed by atoms with Crippen molar-refractivity contribution in [2.24, 2.45) is 16.5 Å². The number of aliphatic imine (C=N–C) groups is 1. The van der Waals surface area contributed by atoms with Crippen LogP contribution in [0.4, 0.5) is 0 Å². The average molecular weight is 260 g/mol. The van der Waals surface area contributed by atoms with Gasteiger partial charge in [0, 0.05) is 18.0 Å². The predicted octanol–water partition coefficient (Wildman–Crippen LogP) is 1.42. The highest BCUT2D eigenvalue weighted by atomic mass is 32.1. The molecule has 0 radical (unpaired) electrons. The molecule has 1 aromatic rings. The SMILES string of the molecule is CC.CCC(=O)O.NC(N)=NCc1nccs1. The molecule has 98 valence electrons. The molecule has 0 unspecified atom stereocenters. The molecule has 17 heavy (non-hydrogen) atoms. The van der Waals surface area contributed by atoms with Crippen molar-refractivity contribution in [2.75, 3.05) is 0 Å². The van der Waals surface area contributed by atoms with Gasteiger partial charge in [-0.25, -0.2) is 9.98 Å². The fourth-order valence-corrected chi connectivity index (χ4v) is 1.03. The molecular weight excluding hydrogens is 240 g/mol. The zero-order valence-electron chi connectivity index (χ0n) is 10.4. The summed E-state index contributed by atoms with van der Waals surface area (Å²) in [6.45, 7) is 6.09. The summed E-state index contributed by atoms with van der Waals surface area (Å²) in [4.78, 5) is 17.1. The van der Waals surface area contributed by atoms with Gasteiger partial charge in [-0.1, -0.05) is 20.8 Å². The first-order chi connectivity index (χ1) is 8.06. The van der Waals surface area contributed by atoms with E-state index in [1.54, 1.807) is 13.1 Å². The minimum Gasteiger partial charge on any atom is -0.481 e. The van der Waals surface area contributed by atoms with E-state index in [-0.39, 0.29) is 12.4 Å². The van der Waals surface area contributed by atoms with Crippen molar-refractivity contribution in [3.8, 4) is 0 Å². The molecule has 6 nitrogen and oxygen atoms in total. The van der Waals surface area contributed by atoms with E-state index in [9.17, 15) is 4.79 Å². The first-order valence-electron chi connectivity index (χ1n) is 5.21. The van der Waals surface area contributed by atoms with E-state index in [1.807, 2.05) is 19.2 Å². The lowest BCUT2D eigenvalue weighted by molar-refractivity contribution is -0.136. The van der Waals surface area contributed by atoms with Crippen molar-refractivity contribution in [1.29, 1.82) is 0 Å². The summed E-state index contributed by atoms with van der Waals surface area (Å²) in [5.74, 6) is -0.639. The summed E-state index contributed by atoms with van der Waals surface area (Å²) in [6, 6.07) is 0. The van der Waals surface area contributed by atoms with Crippen LogP contribution in [0, 0.1) is 0 Å². The van der Waals surface area contributed by atoms with E-state index in [1.165, 1.54) is 11.3 Å². The lowest BCUT2D eigenvalue weighted by Gasteiger charge is -1.88. The van der Waals surface area contributed by atoms with Crippen LogP contribution in [0.15, 0.2) is 16.6 Å². The van der Waals surface area contributed by atoms with Gasteiger partial charge in [0.25, 0.3) is 0 Å². The summed E-state index contributed by atoms with van der Waals surface area (Å²) >= 11 is 1.54. The lowest BCUT2D eigenvalue weighted by atomic mass is 10.5. The van der Waals surface area contributed by atoms with E-state index in [4.69, 9.17) is 16.6 Å². The zero-order chi connectivity index (χ0) is 13.7. The van der Waals surface area contributed by atoms with Crippen LogP contribution in [0.3, 0.4) is 0 Å². The van der Waals surface area contributed by atoms with Gasteiger partial charge in [-0.3, -0.25) is 4.79 Å². The number of nitrogens with zero attached hydrogens (tertiary/aromatic N) is 2. The number of rotatable bonds is 3. The minimum atomic E-state index is -0.745. The molecule has 0 fully saturated rings. The topological polar surface area (TPSA) is 115 Å². The third kappa shape index (κ3) is 14.4. The Kier molecular flexibility index (Phi) is 13.0. The first-order valence-corrected chi connectivity index (χ1v) is 6.09. The minimum absolute atomic E-state index is 0.107. The van der Waals surface area contributed by atoms with E-state index in [0.717, 1.165) is 5.01 Å². The highest BCUT2D eigenvalue weighted by molar-refractivity contribution is 7.09. The number of hydrogen-bond acceptors (Lipinski definition) is 4. The fraction of sp³-hybridized carbons (Fsp3) is 0.500. The highest BCUT2D eigenvalue weighted by Crippen LogP contribution is 2.04. The Hall–Kier alpha value is -1.63. The smallest absolute Gasteiger partial charge is 0.303 e. The van der Waals surface area contributed by atoms with Gasteiger partial charge in [0.1, 0.15) is 5.01 Å². The Balaban J connectivity index is 0. The maximum Gasteiger partial charge on any atom is 0.303 e. The Morgan fingerprint density at radius 1 is 1.53 bits per heavy atom. The molecular formula is C10H20N4O2S. The molecule has 0 amide bonds. The van der Waals surface area contributed by atoms with Crippen LogP contribution < -0.4 is 11.5 Å². The molecule has 0 saturated heterocycles. The highest BCUT2D eigenvalue weighted by Gasteiger charge is 1.90. The summed E-state index contributed by atoms with van der Waals surface area (Å²) < 4.78 is 0. The van der Waals surface area contributed by atoms with E-state index in [2.05, 4.69) is 9.98 Å². The number of carboxylic acid groups (broad SMARTS) is 1. The lowest BCUT2D eigenvalue weighted by Crippen LogP contribution is -2.22. The number of carboxylic acids is 1. The molecule has 0 bridgehead atoms. The van der Waals surface area contributed by atoms with Gasteiger partial charge >= 0.3 is 5.97 Å². The van der Waals surface area contributed by atoms with Crippen LogP contribution in [0.2, 0.25) is 0 Å². The number of aliphatic carboxylic acids is 1. The molecule has 0 aliphatic heterocycles. The molecule has 0 atom stereocenters. The van der Waals surface area contributed by atoms with Gasteiger partial charge in [-0.15, -0.1) is 11.3 Å². The monoisotopic (exact) mass is 260 g/mol. The molecule has 1 rings (SSSR count). The number of aromatic nitrogens is 1. The number of nitrogens with two attached hydrogens (primary N) is 2. The number of thiazole rings is 1. The molecule has 0 aliphatic carbocycles. The maximum atomic E-state index is 9.37. The maximum absolute atomic E-state index is 9.37. The molecule has 0 spiro atoms. The van der Waals surface area contributed by atoms with Crippen LogP contribution in [0.5, 0.6) is 0 Å². The van der Waals surface area contributed by atoms with Gasteiger partial charge in [0.05, 0.1) is 6.54 Å². The van der Waals surface area contributed by atoms with Crippen molar-refractivity contribution in [1.82, 2.24) is 4.98 Å². The Labute approximate surface area is 105 Å². The van der Waals surface area contributed by atoms with Gasteiger partial charge in [0.15, 0.2) is 5.96 Å². The number of hydrogen-bond donors (Lipinski definition) is 3. The first kappa shape index (κ1) is 17.8. The van der Waals surface area contributed by atoms with Crippen LogP contribution in [0.25, 0.3) is 0 Å². The summed E-state index contributed by atoms with van der Waals surface area (Å²) in [5, 5.41) is 10.5. The Bertz CT molecular complexity index is 308. The van der Waals surface area contributed by atoms with Crippen molar-refractivity contribution >= 4 is 23.3 Å². The van der Waals surface area contributed by atoms with Crippen LogP contribution in [-0.4, -0.2) is 22.0 Å². The van der Waals surface area contributed by atoms with Crippen LogP contribution >= 0.6 is 11.3 Å². The molecule has 0 aliphatic rings. The third-order valence-electron chi connectivity index (χ3n) is 1.18. The van der Waals surface area contributed by atoms with E-state index >= 15 is 0 Å². The summed E-state index contributed by atoms with van der Waals surface area (Å²) in [6.07, 6.45) is 1.95. The summed E-state index contributed by atoms with van der Waals surface area (Å²) in [5.41, 5.74) is 10.2. The van der Waals surface area contributed by atoms with Crippen molar-refractivity contribution in [3.05, 3.63) is 16.6 Å². The second-order valence-corrected chi connectivity index (χ2v) is 3.39. The second-order valence-electron chi connectivity index (χ2n) is 2.41. The third-order valence-corrected chi connectivity index (χ3v) is 1.95. The van der Waals surface area contributed by atoms with Crippen LogP contribution in [0.1, 0.15) is 32.2 Å². The van der Waals surface area contributed by atoms with Gasteiger partial charge in [-0.2, -0.15) is 0 Å². The largest absolute Gasteiger partial charge is 0.481 e. The zero-order valence-corrected chi connectivity index (χ0v) is 11.2.